The van der Waals surface area contributed by atoms with E-state index in [2.05, 4.69) is 10.1 Å². The van der Waals surface area contributed by atoms with E-state index in [0.29, 0.717) is 11.3 Å². The van der Waals surface area contributed by atoms with E-state index in [1.165, 1.54) is 7.11 Å². The monoisotopic (exact) mass is 327 g/mol. The Kier molecular flexibility index (Phi) is 6.37. The number of rotatable bonds is 7. The fourth-order valence-electron chi connectivity index (χ4n) is 2.27. The van der Waals surface area contributed by atoms with Crippen LogP contribution in [-0.4, -0.2) is 25.6 Å². The number of esters is 1. The first kappa shape index (κ1) is 17.5. The topological polar surface area (TPSA) is 64.6 Å². The molecule has 0 saturated heterocycles. The summed E-state index contributed by atoms with van der Waals surface area (Å²) in [5.74, 6) is -0.0714. The summed E-state index contributed by atoms with van der Waals surface area (Å²) in [6.45, 7) is 1.80. The van der Waals surface area contributed by atoms with Crippen LogP contribution >= 0.6 is 0 Å². The van der Waals surface area contributed by atoms with Crippen molar-refractivity contribution in [3.63, 3.8) is 0 Å². The third-order valence-electron chi connectivity index (χ3n) is 3.57. The Morgan fingerprint density at radius 2 is 1.71 bits per heavy atom. The van der Waals surface area contributed by atoms with Gasteiger partial charge in [0, 0.05) is 5.56 Å². The summed E-state index contributed by atoms with van der Waals surface area (Å²) < 4.78 is 10.2. The number of para-hydroxylation sites is 1. The summed E-state index contributed by atoms with van der Waals surface area (Å²) in [7, 11) is 1.34. The van der Waals surface area contributed by atoms with Crippen LogP contribution < -0.4 is 10.1 Å². The Bertz CT molecular complexity index is 685. The lowest BCUT2D eigenvalue weighted by Crippen LogP contribution is -2.31. The standard InChI is InChI=1S/C19H21NO4/c1-14(15-8-4-3-5-9-15)20-18(21)13-24-17-11-7-6-10-16(17)12-19(22)23-2/h3-11,14H,12-13H2,1-2H3,(H,20,21). The molecule has 0 aromatic heterocycles. The third-order valence-corrected chi connectivity index (χ3v) is 3.57. The van der Waals surface area contributed by atoms with Crippen molar-refractivity contribution in [1.82, 2.24) is 5.32 Å². The molecule has 1 atom stereocenters. The number of nitrogens with one attached hydrogen (secondary N) is 1. The van der Waals surface area contributed by atoms with Gasteiger partial charge in [0.05, 0.1) is 19.6 Å². The van der Waals surface area contributed by atoms with Crippen LogP contribution in [-0.2, 0) is 20.7 Å². The Morgan fingerprint density at radius 3 is 2.42 bits per heavy atom. The molecule has 1 N–H and O–H groups in total. The molecule has 2 aromatic carbocycles. The second-order valence-electron chi connectivity index (χ2n) is 5.35. The predicted molar refractivity (Wildman–Crippen MR) is 90.7 cm³/mol. The minimum atomic E-state index is -0.354. The van der Waals surface area contributed by atoms with Crippen LogP contribution in [0.4, 0.5) is 0 Å². The zero-order valence-corrected chi connectivity index (χ0v) is 13.8. The zero-order chi connectivity index (χ0) is 17.4. The van der Waals surface area contributed by atoms with E-state index in [1.54, 1.807) is 18.2 Å². The van der Waals surface area contributed by atoms with Gasteiger partial charge < -0.3 is 14.8 Å². The van der Waals surface area contributed by atoms with Crippen LogP contribution in [0.2, 0.25) is 0 Å². The molecule has 1 amide bonds. The molecule has 0 aliphatic rings. The minimum absolute atomic E-state index is 0.104. The minimum Gasteiger partial charge on any atom is -0.483 e. The second kappa shape index (κ2) is 8.72. The number of ether oxygens (including phenoxy) is 2. The van der Waals surface area contributed by atoms with Crippen molar-refractivity contribution in [2.24, 2.45) is 0 Å². The molecule has 2 rings (SSSR count). The van der Waals surface area contributed by atoms with Crippen LogP contribution in [0.5, 0.6) is 5.75 Å². The third kappa shape index (κ3) is 5.12. The maximum absolute atomic E-state index is 12.1. The van der Waals surface area contributed by atoms with Crippen molar-refractivity contribution >= 4 is 11.9 Å². The maximum atomic E-state index is 12.1. The smallest absolute Gasteiger partial charge is 0.310 e. The molecule has 0 spiro atoms. The van der Waals surface area contributed by atoms with E-state index in [1.807, 2.05) is 43.3 Å². The molecule has 0 fully saturated rings. The summed E-state index contributed by atoms with van der Waals surface area (Å²) in [5, 5.41) is 2.88. The summed E-state index contributed by atoms with van der Waals surface area (Å²) >= 11 is 0. The fraction of sp³-hybridized carbons (Fsp3) is 0.263. The number of methoxy groups -OCH3 is 1. The molecule has 24 heavy (non-hydrogen) atoms. The lowest BCUT2D eigenvalue weighted by molar-refractivity contribution is -0.139. The summed E-state index contributed by atoms with van der Waals surface area (Å²) in [4.78, 5) is 23.5. The average molecular weight is 327 g/mol. The van der Waals surface area contributed by atoms with E-state index < -0.39 is 0 Å². The van der Waals surface area contributed by atoms with Crippen molar-refractivity contribution in [3.05, 3.63) is 65.7 Å². The maximum Gasteiger partial charge on any atom is 0.310 e. The molecule has 5 nitrogen and oxygen atoms in total. The molecule has 0 bridgehead atoms. The molecular formula is C19H21NO4. The summed E-state index contributed by atoms with van der Waals surface area (Å²) in [5.41, 5.74) is 1.71. The van der Waals surface area contributed by atoms with Gasteiger partial charge in [0.1, 0.15) is 5.75 Å². The molecule has 0 heterocycles. The van der Waals surface area contributed by atoms with Crippen molar-refractivity contribution in [1.29, 1.82) is 0 Å². The number of hydrogen-bond acceptors (Lipinski definition) is 4. The molecule has 0 radical (unpaired) electrons. The van der Waals surface area contributed by atoms with E-state index in [0.717, 1.165) is 5.56 Å². The predicted octanol–water partition coefficient (Wildman–Crippen LogP) is 2.66. The number of amides is 1. The summed E-state index contributed by atoms with van der Waals surface area (Å²) in [6, 6.07) is 16.7. The first-order valence-corrected chi connectivity index (χ1v) is 7.72. The van der Waals surface area contributed by atoms with Crippen molar-refractivity contribution in [2.45, 2.75) is 19.4 Å². The number of carbonyl (C=O) groups excluding carboxylic acids is 2. The van der Waals surface area contributed by atoms with Gasteiger partial charge in [-0.2, -0.15) is 0 Å². The van der Waals surface area contributed by atoms with E-state index in [4.69, 9.17) is 4.74 Å². The highest BCUT2D eigenvalue weighted by atomic mass is 16.5. The molecule has 0 saturated carbocycles. The lowest BCUT2D eigenvalue weighted by atomic mass is 10.1. The molecule has 1 unspecified atom stereocenters. The zero-order valence-electron chi connectivity index (χ0n) is 13.8. The largest absolute Gasteiger partial charge is 0.483 e. The van der Waals surface area contributed by atoms with Gasteiger partial charge in [-0.3, -0.25) is 9.59 Å². The highest BCUT2D eigenvalue weighted by molar-refractivity contribution is 5.78. The Hall–Kier alpha value is -2.82. The van der Waals surface area contributed by atoms with Crippen LogP contribution in [0.25, 0.3) is 0 Å². The first-order chi connectivity index (χ1) is 11.6. The van der Waals surface area contributed by atoms with Gasteiger partial charge in [0.2, 0.25) is 0 Å². The van der Waals surface area contributed by atoms with Crippen LogP contribution in [0.1, 0.15) is 24.1 Å². The van der Waals surface area contributed by atoms with Crippen LogP contribution in [0.3, 0.4) is 0 Å². The fourth-order valence-corrected chi connectivity index (χ4v) is 2.27. The van der Waals surface area contributed by atoms with Gasteiger partial charge >= 0.3 is 5.97 Å². The van der Waals surface area contributed by atoms with Gasteiger partial charge in [-0.15, -0.1) is 0 Å². The number of benzene rings is 2. The van der Waals surface area contributed by atoms with Gasteiger partial charge in [0.15, 0.2) is 6.61 Å². The second-order valence-corrected chi connectivity index (χ2v) is 5.35. The molecule has 2 aromatic rings. The van der Waals surface area contributed by atoms with Gasteiger partial charge in [-0.25, -0.2) is 0 Å². The highest BCUT2D eigenvalue weighted by Gasteiger charge is 2.12. The van der Waals surface area contributed by atoms with Crippen LogP contribution in [0.15, 0.2) is 54.6 Å². The van der Waals surface area contributed by atoms with Crippen molar-refractivity contribution in [2.75, 3.05) is 13.7 Å². The van der Waals surface area contributed by atoms with E-state index in [9.17, 15) is 9.59 Å². The number of carbonyl (C=O) groups is 2. The normalized spacial score (nSPS) is 11.4. The molecule has 0 aliphatic carbocycles. The van der Waals surface area contributed by atoms with Gasteiger partial charge in [-0.05, 0) is 18.6 Å². The number of hydrogen-bond donors (Lipinski definition) is 1. The highest BCUT2D eigenvalue weighted by Crippen LogP contribution is 2.19. The Labute approximate surface area is 141 Å². The van der Waals surface area contributed by atoms with E-state index >= 15 is 0 Å². The lowest BCUT2D eigenvalue weighted by Gasteiger charge is -2.15. The Morgan fingerprint density at radius 1 is 1.04 bits per heavy atom. The molecule has 5 heteroatoms. The van der Waals surface area contributed by atoms with Crippen molar-refractivity contribution < 1.29 is 19.1 Å². The quantitative estimate of drug-likeness (QED) is 0.794. The van der Waals surface area contributed by atoms with Gasteiger partial charge in [0.25, 0.3) is 5.91 Å². The molecule has 126 valence electrons. The molecular weight excluding hydrogens is 306 g/mol. The Balaban J connectivity index is 1.91. The first-order valence-electron chi connectivity index (χ1n) is 7.72. The van der Waals surface area contributed by atoms with Gasteiger partial charge in [-0.1, -0.05) is 48.5 Å². The van der Waals surface area contributed by atoms with Crippen molar-refractivity contribution in [3.8, 4) is 5.75 Å². The SMILES string of the molecule is COC(=O)Cc1ccccc1OCC(=O)NC(C)c1ccccc1. The van der Waals surface area contributed by atoms with E-state index in [-0.39, 0.29) is 30.9 Å². The summed E-state index contributed by atoms with van der Waals surface area (Å²) in [6.07, 6.45) is 0.106. The molecule has 0 aliphatic heterocycles. The van der Waals surface area contributed by atoms with Crippen LogP contribution in [0, 0.1) is 0 Å². The average Bonchev–Trinajstić information content (AvgIpc) is 2.61.